The Morgan fingerprint density at radius 1 is 1.21 bits per heavy atom. The molecule has 1 N–H and O–H groups in total. The summed E-state index contributed by atoms with van der Waals surface area (Å²) in [7, 11) is 0. The molecule has 1 aromatic heterocycles. The molecule has 0 aliphatic carbocycles. The minimum atomic E-state index is -0.801. The van der Waals surface area contributed by atoms with Gasteiger partial charge in [-0.1, -0.05) is 31.2 Å². The summed E-state index contributed by atoms with van der Waals surface area (Å²) in [5, 5.41) is 15.1. The lowest BCUT2D eigenvalue weighted by Gasteiger charge is -2.25. The standard InChI is InChI=1S/C26H31F2N3O3/c1-4-13-30(16-22(32)18-33-14-5-2)17-23-19(3)29-31(21-9-7-6-8-10-21)26(23)34-25-12-11-20(27)15-24(25)28/h5-12,15,22,32H,2,4,13-14,16-18H2,1,3H3. The Morgan fingerprint density at radius 3 is 2.65 bits per heavy atom. The first kappa shape index (κ1) is 25.6. The molecular formula is C26H31F2N3O3. The summed E-state index contributed by atoms with van der Waals surface area (Å²) in [6.45, 7) is 9.60. The van der Waals surface area contributed by atoms with Gasteiger partial charge in [0.15, 0.2) is 11.6 Å². The van der Waals surface area contributed by atoms with E-state index in [2.05, 4.69) is 23.5 Å². The molecule has 0 aliphatic heterocycles. The van der Waals surface area contributed by atoms with Crippen LogP contribution < -0.4 is 4.74 Å². The second-order valence-corrected chi connectivity index (χ2v) is 8.01. The molecule has 0 aliphatic rings. The minimum absolute atomic E-state index is 0.0976. The third-order valence-electron chi connectivity index (χ3n) is 5.18. The number of aryl methyl sites for hydroxylation is 1. The number of hydrogen-bond donors (Lipinski definition) is 1. The van der Waals surface area contributed by atoms with Gasteiger partial charge in [0.25, 0.3) is 0 Å². The molecule has 6 nitrogen and oxygen atoms in total. The lowest BCUT2D eigenvalue weighted by Crippen LogP contribution is -2.35. The van der Waals surface area contributed by atoms with E-state index in [4.69, 9.17) is 9.47 Å². The number of aromatic nitrogens is 2. The van der Waals surface area contributed by atoms with Gasteiger partial charge in [-0.2, -0.15) is 5.10 Å². The Hall–Kier alpha value is -3.07. The molecule has 1 heterocycles. The lowest BCUT2D eigenvalue weighted by molar-refractivity contribution is 0.0244. The van der Waals surface area contributed by atoms with Crippen LogP contribution in [0.2, 0.25) is 0 Å². The maximum absolute atomic E-state index is 14.5. The van der Waals surface area contributed by atoms with Gasteiger partial charge in [0.05, 0.1) is 36.3 Å². The number of aliphatic hydroxyl groups excluding tert-OH is 1. The van der Waals surface area contributed by atoms with Gasteiger partial charge in [0, 0.05) is 19.2 Å². The molecule has 3 aromatic rings. The van der Waals surface area contributed by atoms with Gasteiger partial charge < -0.3 is 14.6 Å². The number of benzene rings is 2. The van der Waals surface area contributed by atoms with Gasteiger partial charge in [0.2, 0.25) is 5.88 Å². The number of halogens is 2. The fourth-order valence-electron chi connectivity index (χ4n) is 3.64. The van der Waals surface area contributed by atoms with Crippen molar-refractivity contribution in [2.24, 2.45) is 0 Å². The average molecular weight is 472 g/mol. The highest BCUT2D eigenvalue weighted by molar-refractivity contribution is 5.43. The minimum Gasteiger partial charge on any atom is -0.435 e. The third kappa shape index (κ3) is 6.72. The van der Waals surface area contributed by atoms with Crippen LogP contribution in [0, 0.1) is 18.6 Å². The summed E-state index contributed by atoms with van der Waals surface area (Å²) in [6, 6.07) is 12.6. The van der Waals surface area contributed by atoms with Crippen LogP contribution in [-0.4, -0.2) is 52.2 Å². The van der Waals surface area contributed by atoms with E-state index in [9.17, 15) is 13.9 Å². The van der Waals surface area contributed by atoms with Crippen molar-refractivity contribution in [1.82, 2.24) is 14.7 Å². The van der Waals surface area contributed by atoms with Crippen molar-refractivity contribution in [3.05, 3.63) is 84.1 Å². The Balaban J connectivity index is 1.94. The summed E-state index contributed by atoms with van der Waals surface area (Å²) >= 11 is 0. The molecule has 0 bridgehead atoms. The molecule has 182 valence electrons. The van der Waals surface area contributed by atoms with E-state index in [1.165, 1.54) is 6.07 Å². The Morgan fingerprint density at radius 2 is 1.97 bits per heavy atom. The first-order valence-electron chi connectivity index (χ1n) is 11.3. The van der Waals surface area contributed by atoms with E-state index in [0.29, 0.717) is 31.3 Å². The Bertz CT molecular complexity index is 1070. The number of nitrogens with zero attached hydrogens (tertiary/aromatic N) is 3. The smallest absolute Gasteiger partial charge is 0.227 e. The van der Waals surface area contributed by atoms with Crippen molar-refractivity contribution >= 4 is 0 Å². The van der Waals surface area contributed by atoms with Crippen LogP contribution in [0.25, 0.3) is 5.69 Å². The molecule has 0 amide bonds. The van der Waals surface area contributed by atoms with Crippen molar-refractivity contribution in [2.75, 3.05) is 26.3 Å². The molecule has 0 spiro atoms. The Kier molecular flexibility index (Phi) is 9.33. The van der Waals surface area contributed by atoms with Gasteiger partial charge in [-0.15, -0.1) is 6.58 Å². The molecule has 0 saturated carbocycles. The summed E-state index contributed by atoms with van der Waals surface area (Å²) in [6.07, 6.45) is 1.82. The molecule has 2 aromatic carbocycles. The summed E-state index contributed by atoms with van der Waals surface area (Å²) in [5.74, 6) is -1.24. The van der Waals surface area contributed by atoms with Crippen LogP contribution in [0.1, 0.15) is 24.6 Å². The zero-order valence-electron chi connectivity index (χ0n) is 19.6. The zero-order chi connectivity index (χ0) is 24.5. The molecule has 0 fully saturated rings. The van der Waals surface area contributed by atoms with Crippen LogP contribution >= 0.6 is 0 Å². The number of ether oxygens (including phenoxy) is 2. The fraction of sp³-hybridized carbons (Fsp3) is 0.346. The van der Waals surface area contributed by atoms with Crippen molar-refractivity contribution < 1.29 is 23.4 Å². The van der Waals surface area contributed by atoms with Crippen molar-refractivity contribution in [2.45, 2.75) is 32.9 Å². The van der Waals surface area contributed by atoms with Gasteiger partial charge >= 0.3 is 0 Å². The number of rotatable bonds is 13. The third-order valence-corrected chi connectivity index (χ3v) is 5.18. The molecule has 1 unspecified atom stereocenters. The van der Waals surface area contributed by atoms with Gasteiger partial charge in [-0.05, 0) is 44.2 Å². The van der Waals surface area contributed by atoms with Gasteiger partial charge in [-0.25, -0.2) is 13.5 Å². The monoisotopic (exact) mass is 471 g/mol. The molecule has 8 heteroatoms. The average Bonchev–Trinajstić information content (AvgIpc) is 3.11. The maximum atomic E-state index is 14.5. The summed E-state index contributed by atoms with van der Waals surface area (Å²) < 4.78 is 40.9. The summed E-state index contributed by atoms with van der Waals surface area (Å²) in [4.78, 5) is 2.08. The molecule has 34 heavy (non-hydrogen) atoms. The molecule has 0 radical (unpaired) electrons. The van der Waals surface area contributed by atoms with Crippen LogP contribution in [0.5, 0.6) is 11.6 Å². The van der Waals surface area contributed by atoms with Crippen LogP contribution in [-0.2, 0) is 11.3 Å². The number of para-hydroxylation sites is 1. The number of aliphatic hydroxyl groups is 1. The second kappa shape index (κ2) is 12.4. The van der Waals surface area contributed by atoms with Crippen molar-refractivity contribution in [3.8, 4) is 17.3 Å². The van der Waals surface area contributed by atoms with Crippen LogP contribution in [0.15, 0.2) is 61.2 Å². The molecular weight excluding hydrogens is 440 g/mol. The highest BCUT2D eigenvalue weighted by atomic mass is 19.1. The predicted molar refractivity (Wildman–Crippen MR) is 127 cm³/mol. The topological polar surface area (TPSA) is 59.8 Å². The van der Waals surface area contributed by atoms with Crippen molar-refractivity contribution in [1.29, 1.82) is 0 Å². The van der Waals surface area contributed by atoms with Crippen molar-refractivity contribution in [3.63, 3.8) is 0 Å². The zero-order valence-corrected chi connectivity index (χ0v) is 19.6. The fourth-order valence-corrected chi connectivity index (χ4v) is 3.64. The first-order valence-corrected chi connectivity index (χ1v) is 11.3. The van der Waals surface area contributed by atoms with E-state index < -0.39 is 17.7 Å². The predicted octanol–water partition coefficient (Wildman–Crippen LogP) is 5.03. The Labute approximate surface area is 199 Å². The van der Waals surface area contributed by atoms with E-state index in [1.807, 2.05) is 37.3 Å². The largest absolute Gasteiger partial charge is 0.435 e. The van der Waals surface area contributed by atoms with Gasteiger partial charge in [-0.3, -0.25) is 4.90 Å². The summed E-state index contributed by atoms with van der Waals surface area (Å²) in [5.41, 5.74) is 2.20. The quantitative estimate of drug-likeness (QED) is 0.280. The van der Waals surface area contributed by atoms with E-state index in [1.54, 1.807) is 10.8 Å². The van der Waals surface area contributed by atoms with E-state index in [0.717, 1.165) is 36.3 Å². The van der Waals surface area contributed by atoms with E-state index in [-0.39, 0.29) is 12.4 Å². The molecule has 3 rings (SSSR count). The highest BCUT2D eigenvalue weighted by Gasteiger charge is 2.23. The highest BCUT2D eigenvalue weighted by Crippen LogP contribution is 2.33. The lowest BCUT2D eigenvalue weighted by atomic mass is 10.2. The number of hydrogen-bond acceptors (Lipinski definition) is 5. The van der Waals surface area contributed by atoms with Gasteiger partial charge in [0.1, 0.15) is 5.82 Å². The first-order chi connectivity index (χ1) is 16.4. The second-order valence-electron chi connectivity index (χ2n) is 8.01. The van der Waals surface area contributed by atoms with Crippen LogP contribution in [0.4, 0.5) is 8.78 Å². The molecule has 1 atom stereocenters. The normalized spacial score (nSPS) is 12.2. The SMILES string of the molecule is C=CCOCC(O)CN(CCC)Cc1c(C)nn(-c2ccccc2)c1Oc1ccc(F)cc1F. The maximum Gasteiger partial charge on any atom is 0.227 e. The van der Waals surface area contributed by atoms with E-state index >= 15 is 0 Å². The van der Waals surface area contributed by atoms with Crippen LogP contribution in [0.3, 0.4) is 0 Å². The molecule has 0 saturated heterocycles.